The number of amides is 1. The summed E-state index contributed by atoms with van der Waals surface area (Å²) in [5.41, 5.74) is 2.99. The lowest BCUT2D eigenvalue weighted by Gasteiger charge is -2.06. The molecule has 0 atom stereocenters. The molecule has 1 aromatic heterocycles. The van der Waals surface area contributed by atoms with Gasteiger partial charge in [-0.15, -0.1) is 0 Å². The molecule has 0 saturated heterocycles. The third-order valence-electron chi connectivity index (χ3n) is 3.79. The van der Waals surface area contributed by atoms with E-state index in [-0.39, 0.29) is 11.4 Å². The highest BCUT2D eigenvalue weighted by Gasteiger charge is 2.07. The SMILES string of the molecule is CCc1ccc(/C=C/C(=O)Nc2ccnc3c(F)cccc23)cc1. The molecule has 0 aliphatic rings. The Morgan fingerprint density at radius 2 is 1.96 bits per heavy atom. The first-order valence-electron chi connectivity index (χ1n) is 7.78. The molecule has 1 N–H and O–H groups in total. The number of carbonyl (C=O) groups is 1. The summed E-state index contributed by atoms with van der Waals surface area (Å²) in [6.07, 6.45) is 5.68. The van der Waals surface area contributed by atoms with E-state index in [2.05, 4.69) is 17.2 Å². The maximum atomic E-state index is 13.7. The number of para-hydroxylation sites is 1. The van der Waals surface area contributed by atoms with E-state index in [1.165, 1.54) is 23.9 Å². The number of halogens is 1. The van der Waals surface area contributed by atoms with Crippen LogP contribution in [-0.4, -0.2) is 10.9 Å². The molecule has 3 rings (SSSR count). The molecule has 3 aromatic rings. The van der Waals surface area contributed by atoms with Gasteiger partial charge in [-0.05, 0) is 35.8 Å². The van der Waals surface area contributed by atoms with E-state index in [9.17, 15) is 9.18 Å². The molecule has 120 valence electrons. The molecule has 0 spiro atoms. The lowest BCUT2D eigenvalue weighted by molar-refractivity contribution is -0.111. The number of carbonyl (C=O) groups excluding carboxylic acids is 1. The van der Waals surface area contributed by atoms with Gasteiger partial charge >= 0.3 is 0 Å². The van der Waals surface area contributed by atoms with Gasteiger partial charge in [0.05, 0.1) is 5.69 Å². The summed E-state index contributed by atoms with van der Waals surface area (Å²) in [5, 5.41) is 3.35. The van der Waals surface area contributed by atoms with Crippen LogP contribution in [0.4, 0.5) is 10.1 Å². The second kappa shape index (κ2) is 7.04. The van der Waals surface area contributed by atoms with Crippen molar-refractivity contribution in [1.29, 1.82) is 0 Å². The highest BCUT2D eigenvalue weighted by molar-refractivity contribution is 6.06. The number of anilines is 1. The van der Waals surface area contributed by atoms with Crippen molar-refractivity contribution in [3.05, 3.63) is 77.7 Å². The molecule has 2 aromatic carbocycles. The van der Waals surface area contributed by atoms with Gasteiger partial charge in [-0.25, -0.2) is 4.39 Å². The molecule has 0 saturated carbocycles. The van der Waals surface area contributed by atoms with E-state index in [0.29, 0.717) is 11.1 Å². The van der Waals surface area contributed by atoms with Crippen molar-refractivity contribution in [3.8, 4) is 0 Å². The van der Waals surface area contributed by atoms with Crippen LogP contribution in [0, 0.1) is 5.82 Å². The summed E-state index contributed by atoms with van der Waals surface area (Å²) < 4.78 is 13.7. The zero-order valence-corrected chi connectivity index (χ0v) is 13.3. The maximum absolute atomic E-state index is 13.7. The molecule has 0 aliphatic heterocycles. The van der Waals surface area contributed by atoms with Crippen molar-refractivity contribution >= 4 is 28.6 Å². The topological polar surface area (TPSA) is 42.0 Å². The average molecular weight is 320 g/mol. The van der Waals surface area contributed by atoms with Gasteiger partial charge in [0.15, 0.2) is 0 Å². The zero-order valence-electron chi connectivity index (χ0n) is 13.3. The maximum Gasteiger partial charge on any atom is 0.248 e. The van der Waals surface area contributed by atoms with Crippen LogP contribution < -0.4 is 5.32 Å². The summed E-state index contributed by atoms with van der Waals surface area (Å²) in [6, 6.07) is 14.4. The van der Waals surface area contributed by atoms with Crippen LogP contribution in [0.2, 0.25) is 0 Å². The smallest absolute Gasteiger partial charge is 0.248 e. The molecule has 24 heavy (non-hydrogen) atoms. The summed E-state index contributed by atoms with van der Waals surface area (Å²) in [5.74, 6) is -0.679. The Balaban J connectivity index is 1.77. The van der Waals surface area contributed by atoms with Gasteiger partial charge in [-0.3, -0.25) is 9.78 Å². The number of benzene rings is 2. The van der Waals surface area contributed by atoms with Crippen LogP contribution >= 0.6 is 0 Å². The normalized spacial score (nSPS) is 11.1. The lowest BCUT2D eigenvalue weighted by Crippen LogP contribution is -2.08. The Hall–Kier alpha value is -3.01. The van der Waals surface area contributed by atoms with E-state index < -0.39 is 5.82 Å². The highest BCUT2D eigenvalue weighted by atomic mass is 19.1. The van der Waals surface area contributed by atoms with Crippen molar-refractivity contribution in [1.82, 2.24) is 4.98 Å². The largest absolute Gasteiger partial charge is 0.322 e. The third-order valence-corrected chi connectivity index (χ3v) is 3.79. The number of hydrogen-bond donors (Lipinski definition) is 1. The van der Waals surface area contributed by atoms with Gasteiger partial charge in [-0.1, -0.05) is 43.3 Å². The van der Waals surface area contributed by atoms with Crippen LogP contribution in [-0.2, 0) is 11.2 Å². The molecule has 1 heterocycles. The van der Waals surface area contributed by atoms with Gasteiger partial charge in [-0.2, -0.15) is 0 Å². The Morgan fingerprint density at radius 1 is 1.17 bits per heavy atom. The predicted molar refractivity (Wildman–Crippen MR) is 95.2 cm³/mol. The number of aryl methyl sites for hydroxylation is 1. The Morgan fingerprint density at radius 3 is 2.71 bits per heavy atom. The summed E-state index contributed by atoms with van der Waals surface area (Å²) >= 11 is 0. The molecule has 4 heteroatoms. The summed E-state index contributed by atoms with van der Waals surface area (Å²) in [7, 11) is 0. The molecular formula is C20H17FN2O. The molecule has 0 fully saturated rings. The van der Waals surface area contributed by atoms with Crippen LogP contribution in [0.25, 0.3) is 17.0 Å². The fraction of sp³-hybridized carbons (Fsp3) is 0.100. The van der Waals surface area contributed by atoms with Crippen LogP contribution in [0.3, 0.4) is 0 Å². The number of fused-ring (bicyclic) bond motifs is 1. The van der Waals surface area contributed by atoms with Gasteiger partial charge < -0.3 is 5.32 Å². The molecule has 0 aliphatic carbocycles. The summed E-state index contributed by atoms with van der Waals surface area (Å²) in [6.45, 7) is 2.10. The quantitative estimate of drug-likeness (QED) is 0.715. The fourth-order valence-electron chi connectivity index (χ4n) is 2.46. The number of aromatic nitrogens is 1. The standard InChI is InChI=1S/C20H17FN2O/c1-2-14-6-8-15(9-7-14)10-11-19(24)23-18-12-13-22-20-16(18)4-3-5-17(20)21/h3-13H,2H2,1H3,(H,22,23,24)/b11-10+. The van der Waals surface area contributed by atoms with Crippen molar-refractivity contribution in [2.75, 3.05) is 5.32 Å². The van der Waals surface area contributed by atoms with Gasteiger partial charge in [0.25, 0.3) is 0 Å². The molecular weight excluding hydrogens is 303 g/mol. The van der Waals surface area contributed by atoms with E-state index in [1.807, 2.05) is 24.3 Å². The first-order chi connectivity index (χ1) is 11.7. The third kappa shape index (κ3) is 3.49. The van der Waals surface area contributed by atoms with Gasteiger partial charge in [0, 0.05) is 17.7 Å². The van der Waals surface area contributed by atoms with Crippen LogP contribution in [0.15, 0.2) is 60.8 Å². The van der Waals surface area contributed by atoms with Gasteiger partial charge in [0.2, 0.25) is 5.91 Å². The van der Waals surface area contributed by atoms with E-state index in [0.717, 1.165) is 12.0 Å². The Bertz CT molecular complexity index is 901. The number of hydrogen-bond acceptors (Lipinski definition) is 2. The minimum atomic E-state index is -0.407. The van der Waals surface area contributed by atoms with E-state index >= 15 is 0 Å². The van der Waals surface area contributed by atoms with Gasteiger partial charge in [0.1, 0.15) is 11.3 Å². The average Bonchev–Trinajstić information content (AvgIpc) is 2.61. The lowest BCUT2D eigenvalue weighted by atomic mass is 10.1. The number of rotatable bonds is 4. The van der Waals surface area contributed by atoms with Crippen LogP contribution in [0.1, 0.15) is 18.1 Å². The first kappa shape index (κ1) is 15.9. The summed E-state index contributed by atoms with van der Waals surface area (Å²) in [4.78, 5) is 16.1. The van der Waals surface area contributed by atoms with Crippen molar-refractivity contribution < 1.29 is 9.18 Å². The van der Waals surface area contributed by atoms with Crippen molar-refractivity contribution in [2.45, 2.75) is 13.3 Å². The molecule has 0 unspecified atom stereocenters. The number of pyridine rings is 1. The second-order valence-electron chi connectivity index (χ2n) is 5.41. The second-order valence-corrected chi connectivity index (χ2v) is 5.41. The highest BCUT2D eigenvalue weighted by Crippen LogP contribution is 2.23. The molecule has 3 nitrogen and oxygen atoms in total. The van der Waals surface area contributed by atoms with E-state index in [1.54, 1.807) is 24.3 Å². The zero-order chi connectivity index (χ0) is 16.9. The fourth-order valence-corrected chi connectivity index (χ4v) is 2.46. The van der Waals surface area contributed by atoms with Crippen LogP contribution in [0.5, 0.6) is 0 Å². The van der Waals surface area contributed by atoms with Crippen molar-refractivity contribution in [2.24, 2.45) is 0 Å². The minimum Gasteiger partial charge on any atom is -0.322 e. The number of nitrogens with zero attached hydrogens (tertiary/aromatic N) is 1. The Labute approximate surface area is 139 Å². The predicted octanol–water partition coefficient (Wildman–Crippen LogP) is 4.59. The first-order valence-corrected chi connectivity index (χ1v) is 7.78. The van der Waals surface area contributed by atoms with Crippen molar-refractivity contribution in [3.63, 3.8) is 0 Å². The monoisotopic (exact) mass is 320 g/mol. The number of nitrogens with one attached hydrogen (secondary N) is 1. The Kier molecular flexibility index (Phi) is 4.66. The van der Waals surface area contributed by atoms with E-state index in [4.69, 9.17) is 0 Å². The molecule has 1 amide bonds. The molecule has 0 radical (unpaired) electrons. The molecule has 0 bridgehead atoms. The minimum absolute atomic E-state index is 0.245.